The summed E-state index contributed by atoms with van der Waals surface area (Å²) in [6, 6.07) is 61.4. The van der Waals surface area contributed by atoms with Crippen LogP contribution in [0.15, 0.2) is 185 Å². The molecule has 0 aliphatic carbocycles. The Morgan fingerprint density at radius 1 is 0.462 bits per heavy atom. The maximum absolute atomic E-state index is 6.45. The van der Waals surface area contributed by atoms with E-state index in [-0.39, 0.29) is 0 Å². The van der Waals surface area contributed by atoms with Crippen molar-refractivity contribution < 1.29 is 8.83 Å². The monoisotopic (exact) mass is 667 g/mol. The van der Waals surface area contributed by atoms with Gasteiger partial charge in [-0.25, -0.2) is 4.98 Å². The second kappa shape index (κ2) is 11.2. The van der Waals surface area contributed by atoms with E-state index >= 15 is 0 Å². The van der Waals surface area contributed by atoms with Gasteiger partial charge in [0.2, 0.25) is 5.89 Å². The fourth-order valence-corrected chi connectivity index (χ4v) is 7.87. The molecular formula is C47H29N3O2. The predicted octanol–water partition coefficient (Wildman–Crippen LogP) is 13.1. The van der Waals surface area contributed by atoms with Crippen LogP contribution in [0, 0.1) is 0 Å². The normalized spacial score (nSPS) is 11.8. The maximum Gasteiger partial charge on any atom is 0.227 e. The maximum atomic E-state index is 6.45. The number of benzene rings is 8. The Morgan fingerprint density at radius 3 is 2.02 bits per heavy atom. The smallest absolute Gasteiger partial charge is 0.227 e. The summed E-state index contributed by atoms with van der Waals surface area (Å²) in [5.74, 6) is 0.599. The zero-order valence-electron chi connectivity index (χ0n) is 27.9. The summed E-state index contributed by atoms with van der Waals surface area (Å²) in [7, 11) is 0. The molecule has 11 aromatic rings. The molecule has 3 aromatic heterocycles. The van der Waals surface area contributed by atoms with Crippen molar-refractivity contribution >= 4 is 82.7 Å². The molecule has 0 saturated carbocycles. The molecule has 0 spiro atoms. The van der Waals surface area contributed by atoms with Crippen LogP contribution in [0.2, 0.25) is 0 Å². The molecule has 3 heterocycles. The minimum atomic E-state index is 0.599. The highest BCUT2D eigenvalue weighted by Gasteiger charge is 2.22. The van der Waals surface area contributed by atoms with E-state index in [1.807, 2.05) is 48.5 Å². The molecule has 244 valence electrons. The number of nitrogens with zero attached hydrogens (tertiary/aromatic N) is 3. The first-order valence-electron chi connectivity index (χ1n) is 17.5. The number of fused-ring (bicyclic) bond motifs is 9. The first kappa shape index (κ1) is 28.7. The summed E-state index contributed by atoms with van der Waals surface area (Å²) >= 11 is 0. The number of rotatable bonds is 5. The molecule has 0 unspecified atom stereocenters. The Morgan fingerprint density at radius 2 is 1.15 bits per heavy atom. The lowest BCUT2D eigenvalue weighted by molar-refractivity contribution is 0.620. The molecule has 0 amide bonds. The molecule has 0 atom stereocenters. The van der Waals surface area contributed by atoms with Crippen LogP contribution >= 0.6 is 0 Å². The van der Waals surface area contributed by atoms with E-state index in [1.165, 1.54) is 16.3 Å². The molecule has 11 rings (SSSR count). The third-order valence-corrected chi connectivity index (χ3v) is 10.2. The van der Waals surface area contributed by atoms with Crippen molar-refractivity contribution in [1.82, 2.24) is 9.55 Å². The highest BCUT2D eigenvalue weighted by molar-refractivity contribution is 6.15. The Bertz CT molecular complexity index is 3140. The van der Waals surface area contributed by atoms with Crippen LogP contribution in [0.4, 0.5) is 17.1 Å². The summed E-state index contributed by atoms with van der Waals surface area (Å²) < 4.78 is 15.2. The lowest BCUT2D eigenvalue weighted by atomic mass is 10.0. The Kier molecular flexibility index (Phi) is 6.18. The van der Waals surface area contributed by atoms with Gasteiger partial charge in [0.25, 0.3) is 0 Å². The molecule has 0 aliphatic heterocycles. The van der Waals surface area contributed by atoms with Gasteiger partial charge < -0.3 is 18.3 Å². The van der Waals surface area contributed by atoms with Gasteiger partial charge in [0.15, 0.2) is 5.58 Å². The number of para-hydroxylation sites is 3. The summed E-state index contributed by atoms with van der Waals surface area (Å²) in [6.07, 6.45) is 0. The van der Waals surface area contributed by atoms with Crippen molar-refractivity contribution in [3.8, 4) is 17.1 Å². The topological polar surface area (TPSA) is 47.3 Å². The molecule has 52 heavy (non-hydrogen) atoms. The van der Waals surface area contributed by atoms with E-state index in [4.69, 9.17) is 13.8 Å². The van der Waals surface area contributed by atoms with Gasteiger partial charge in [0, 0.05) is 55.6 Å². The van der Waals surface area contributed by atoms with E-state index in [9.17, 15) is 0 Å². The van der Waals surface area contributed by atoms with Gasteiger partial charge in [-0.2, -0.15) is 0 Å². The van der Waals surface area contributed by atoms with E-state index < -0.39 is 0 Å². The number of aromatic nitrogens is 2. The third kappa shape index (κ3) is 4.33. The molecule has 0 aliphatic rings. The number of hydrogen-bond donors (Lipinski definition) is 0. The van der Waals surface area contributed by atoms with Crippen LogP contribution < -0.4 is 4.90 Å². The largest absolute Gasteiger partial charge is 0.456 e. The van der Waals surface area contributed by atoms with Crippen molar-refractivity contribution in [2.24, 2.45) is 0 Å². The van der Waals surface area contributed by atoms with Gasteiger partial charge in [-0.1, -0.05) is 97.1 Å². The molecular weight excluding hydrogens is 639 g/mol. The minimum absolute atomic E-state index is 0.599. The predicted molar refractivity (Wildman–Crippen MR) is 213 cm³/mol. The lowest BCUT2D eigenvalue weighted by Crippen LogP contribution is -2.11. The van der Waals surface area contributed by atoms with E-state index in [0.29, 0.717) is 5.89 Å². The fraction of sp³-hybridized carbons (Fsp3) is 0. The van der Waals surface area contributed by atoms with Crippen molar-refractivity contribution in [1.29, 1.82) is 0 Å². The standard InChI is InChI=1S/C47H29N3O2/c1-3-12-31(13-4-1)47-48-46-43(52-47)27-22-30-14-11-20-40(45(30)46)49(34-24-26-38-37-18-8-10-21-42(37)51-44(38)29-34)33-23-25-36-35-17-7-9-19-39(35)50(41(36)28-33)32-15-5-2-6-16-32/h1-29H. The second-order valence-electron chi connectivity index (χ2n) is 13.2. The van der Waals surface area contributed by atoms with Crippen LogP contribution in [-0.4, -0.2) is 9.55 Å². The molecule has 5 heteroatoms. The number of hydrogen-bond acceptors (Lipinski definition) is 4. The van der Waals surface area contributed by atoms with Crippen molar-refractivity contribution in [3.63, 3.8) is 0 Å². The van der Waals surface area contributed by atoms with Gasteiger partial charge >= 0.3 is 0 Å². The SMILES string of the molecule is c1ccc(-c2nc3c(ccc4cccc(N(c5ccc6c(c5)oc5ccccc56)c5ccc6c7ccccc7n(-c7ccccc7)c6c5)c43)o2)cc1. The first-order chi connectivity index (χ1) is 25.8. The number of furan rings is 1. The van der Waals surface area contributed by atoms with Gasteiger partial charge in [-0.15, -0.1) is 0 Å². The van der Waals surface area contributed by atoms with Gasteiger partial charge in [-0.3, -0.25) is 0 Å². The van der Waals surface area contributed by atoms with Gasteiger partial charge in [0.1, 0.15) is 16.7 Å². The zero-order chi connectivity index (χ0) is 34.2. The molecule has 0 N–H and O–H groups in total. The molecule has 0 saturated heterocycles. The third-order valence-electron chi connectivity index (χ3n) is 10.2. The average Bonchev–Trinajstić information content (AvgIpc) is 3.90. The second-order valence-corrected chi connectivity index (χ2v) is 13.2. The number of oxazole rings is 1. The van der Waals surface area contributed by atoms with Crippen molar-refractivity contribution in [2.45, 2.75) is 0 Å². The Balaban J connectivity index is 1.21. The van der Waals surface area contributed by atoms with Crippen LogP contribution in [0.5, 0.6) is 0 Å². The first-order valence-corrected chi connectivity index (χ1v) is 17.5. The molecule has 5 nitrogen and oxygen atoms in total. The number of anilines is 3. The Hall–Kier alpha value is -7.11. The average molecular weight is 668 g/mol. The highest BCUT2D eigenvalue weighted by Crippen LogP contribution is 2.45. The van der Waals surface area contributed by atoms with Crippen molar-refractivity contribution in [3.05, 3.63) is 176 Å². The highest BCUT2D eigenvalue weighted by atomic mass is 16.3. The van der Waals surface area contributed by atoms with E-state index in [1.54, 1.807) is 0 Å². The minimum Gasteiger partial charge on any atom is -0.456 e. The van der Waals surface area contributed by atoms with Crippen LogP contribution in [0.1, 0.15) is 0 Å². The summed E-state index contributed by atoms with van der Waals surface area (Å²) in [4.78, 5) is 7.47. The van der Waals surface area contributed by atoms with Crippen LogP contribution in [0.25, 0.3) is 82.8 Å². The Labute approximate surface area is 298 Å². The fourth-order valence-electron chi connectivity index (χ4n) is 7.87. The lowest BCUT2D eigenvalue weighted by Gasteiger charge is -2.27. The van der Waals surface area contributed by atoms with Crippen LogP contribution in [0.3, 0.4) is 0 Å². The van der Waals surface area contributed by atoms with E-state index in [0.717, 1.165) is 77.6 Å². The summed E-state index contributed by atoms with van der Waals surface area (Å²) in [5.41, 5.74) is 10.6. The van der Waals surface area contributed by atoms with Crippen LogP contribution in [-0.2, 0) is 0 Å². The molecule has 8 aromatic carbocycles. The summed E-state index contributed by atoms with van der Waals surface area (Å²) in [6.45, 7) is 0. The van der Waals surface area contributed by atoms with Crippen molar-refractivity contribution in [2.75, 3.05) is 4.90 Å². The quantitative estimate of drug-likeness (QED) is 0.183. The molecule has 0 fully saturated rings. The van der Waals surface area contributed by atoms with E-state index in [2.05, 4.69) is 137 Å². The molecule has 0 bridgehead atoms. The van der Waals surface area contributed by atoms with Gasteiger partial charge in [0.05, 0.1) is 16.7 Å². The van der Waals surface area contributed by atoms with Gasteiger partial charge in [-0.05, 0) is 78.2 Å². The zero-order valence-corrected chi connectivity index (χ0v) is 27.9. The molecule has 0 radical (unpaired) electrons. The summed E-state index contributed by atoms with van der Waals surface area (Å²) in [5, 5.41) is 6.69.